The maximum absolute atomic E-state index is 12.1. The highest BCUT2D eigenvalue weighted by Crippen LogP contribution is 2.16. The Labute approximate surface area is 153 Å². The van der Waals surface area contributed by atoms with Gasteiger partial charge in [-0.15, -0.1) is 0 Å². The maximum Gasteiger partial charge on any atom is 0.311 e. The third kappa shape index (κ3) is 10.1. The Kier molecular flexibility index (Phi) is 11.7. The van der Waals surface area contributed by atoms with Gasteiger partial charge in [0.15, 0.2) is 5.78 Å². The van der Waals surface area contributed by atoms with Gasteiger partial charge in [0.25, 0.3) is 0 Å². The van der Waals surface area contributed by atoms with Crippen LogP contribution in [0.25, 0.3) is 0 Å². The summed E-state index contributed by atoms with van der Waals surface area (Å²) in [7, 11) is 0. The van der Waals surface area contributed by atoms with Crippen molar-refractivity contribution in [3.8, 4) is 5.75 Å². The first-order valence-electron chi connectivity index (χ1n) is 10.0. The predicted octanol–water partition coefficient (Wildman–Crippen LogP) is 6.50. The Morgan fingerprint density at radius 1 is 0.720 bits per heavy atom. The second kappa shape index (κ2) is 13.6. The van der Waals surface area contributed by atoms with E-state index in [0.29, 0.717) is 24.2 Å². The first-order chi connectivity index (χ1) is 12.2. The Morgan fingerprint density at radius 2 is 1.24 bits per heavy atom. The van der Waals surface area contributed by atoms with Crippen molar-refractivity contribution in [1.82, 2.24) is 0 Å². The van der Waals surface area contributed by atoms with Crippen molar-refractivity contribution in [3.63, 3.8) is 0 Å². The summed E-state index contributed by atoms with van der Waals surface area (Å²) >= 11 is 0. The number of ketones is 1. The van der Waals surface area contributed by atoms with Gasteiger partial charge in [0.05, 0.1) is 0 Å². The van der Waals surface area contributed by atoms with Crippen LogP contribution in [0.1, 0.15) is 101 Å². The van der Waals surface area contributed by atoms with Crippen molar-refractivity contribution in [2.24, 2.45) is 0 Å². The number of unbranched alkanes of at least 4 members (excludes halogenated alkanes) is 8. The molecule has 0 saturated carbocycles. The van der Waals surface area contributed by atoms with Crippen molar-refractivity contribution in [2.45, 2.75) is 90.9 Å². The molecule has 0 aliphatic carbocycles. The van der Waals surface area contributed by atoms with Crippen LogP contribution in [0.4, 0.5) is 0 Å². The van der Waals surface area contributed by atoms with Gasteiger partial charge in [-0.25, -0.2) is 0 Å². The van der Waals surface area contributed by atoms with Crippen molar-refractivity contribution >= 4 is 11.8 Å². The lowest BCUT2D eigenvalue weighted by molar-refractivity contribution is -0.134. The summed E-state index contributed by atoms with van der Waals surface area (Å²) in [4.78, 5) is 23.9. The third-order valence-corrected chi connectivity index (χ3v) is 4.40. The van der Waals surface area contributed by atoms with Crippen LogP contribution >= 0.6 is 0 Å². The number of Topliss-reactive ketones (excluding diaryl/α,β-unsaturated/α-hetero) is 1. The quantitative estimate of drug-likeness (QED) is 0.167. The summed E-state index contributed by atoms with van der Waals surface area (Å²) in [5.74, 6) is 0.509. The second-order valence-corrected chi connectivity index (χ2v) is 6.75. The fourth-order valence-corrected chi connectivity index (χ4v) is 2.80. The zero-order chi connectivity index (χ0) is 18.3. The highest BCUT2D eigenvalue weighted by Gasteiger charge is 2.08. The normalized spacial score (nSPS) is 10.6. The molecule has 0 bridgehead atoms. The molecule has 0 aliphatic rings. The van der Waals surface area contributed by atoms with E-state index >= 15 is 0 Å². The fraction of sp³-hybridized carbons (Fsp3) is 0.636. The summed E-state index contributed by atoms with van der Waals surface area (Å²) in [6.07, 6.45) is 12.4. The van der Waals surface area contributed by atoms with Crippen LogP contribution in [0.3, 0.4) is 0 Å². The largest absolute Gasteiger partial charge is 0.427 e. The molecule has 0 aromatic heterocycles. The van der Waals surface area contributed by atoms with Crippen molar-refractivity contribution in [3.05, 3.63) is 29.8 Å². The number of esters is 1. The summed E-state index contributed by atoms with van der Waals surface area (Å²) in [5.41, 5.74) is 0.704. The molecule has 0 fully saturated rings. The van der Waals surface area contributed by atoms with E-state index < -0.39 is 0 Å². The SMILES string of the molecule is CCCCCCCC(=O)Oc1ccc(C(=O)CCCCCCC)cc1. The number of rotatable bonds is 14. The topological polar surface area (TPSA) is 43.4 Å². The van der Waals surface area contributed by atoms with Crippen LogP contribution in [0.2, 0.25) is 0 Å². The molecule has 0 amide bonds. The molecule has 0 N–H and O–H groups in total. The van der Waals surface area contributed by atoms with E-state index in [1.165, 1.54) is 38.5 Å². The summed E-state index contributed by atoms with van der Waals surface area (Å²) in [6, 6.07) is 6.97. The van der Waals surface area contributed by atoms with Crippen LogP contribution in [0.5, 0.6) is 5.75 Å². The molecule has 0 atom stereocenters. The summed E-state index contributed by atoms with van der Waals surface area (Å²) in [5, 5.41) is 0. The minimum absolute atomic E-state index is 0.172. The van der Waals surface area contributed by atoms with Gasteiger partial charge in [-0.3, -0.25) is 9.59 Å². The molecule has 1 aromatic carbocycles. The highest BCUT2D eigenvalue weighted by molar-refractivity contribution is 5.96. The maximum atomic E-state index is 12.1. The predicted molar refractivity (Wildman–Crippen MR) is 103 cm³/mol. The number of ether oxygens (including phenoxy) is 1. The Morgan fingerprint density at radius 3 is 1.80 bits per heavy atom. The molecule has 0 radical (unpaired) electrons. The summed E-state index contributed by atoms with van der Waals surface area (Å²) < 4.78 is 5.33. The number of hydrogen-bond donors (Lipinski definition) is 0. The van der Waals surface area contributed by atoms with E-state index in [1.54, 1.807) is 24.3 Å². The van der Waals surface area contributed by atoms with E-state index in [1.807, 2.05) is 0 Å². The van der Waals surface area contributed by atoms with Crippen LogP contribution in [0.15, 0.2) is 24.3 Å². The number of carbonyl (C=O) groups excluding carboxylic acids is 2. The fourth-order valence-electron chi connectivity index (χ4n) is 2.80. The van der Waals surface area contributed by atoms with Gasteiger partial charge >= 0.3 is 5.97 Å². The molecular formula is C22H34O3. The van der Waals surface area contributed by atoms with Gasteiger partial charge in [0.2, 0.25) is 0 Å². The van der Waals surface area contributed by atoms with Crippen molar-refractivity contribution in [2.75, 3.05) is 0 Å². The average molecular weight is 347 g/mol. The van der Waals surface area contributed by atoms with Gasteiger partial charge in [-0.2, -0.15) is 0 Å². The van der Waals surface area contributed by atoms with E-state index in [-0.39, 0.29) is 11.8 Å². The molecule has 3 nitrogen and oxygen atoms in total. The monoisotopic (exact) mass is 346 g/mol. The molecule has 0 spiro atoms. The number of benzene rings is 1. The first kappa shape index (κ1) is 21.4. The molecule has 25 heavy (non-hydrogen) atoms. The molecule has 0 unspecified atom stereocenters. The van der Waals surface area contributed by atoms with Gasteiger partial charge in [-0.05, 0) is 37.1 Å². The van der Waals surface area contributed by atoms with Gasteiger partial charge < -0.3 is 4.74 Å². The van der Waals surface area contributed by atoms with E-state index in [9.17, 15) is 9.59 Å². The standard InChI is InChI=1S/C22H34O3/c1-3-5-7-9-11-13-21(23)19-15-17-20(18-16-19)25-22(24)14-12-10-8-6-4-2/h15-18H,3-14H2,1-2H3. The van der Waals surface area contributed by atoms with Gasteiger partial charge in [0.1, 0.15) is 5.75 Å². The Bertz CT molecular complexity index is 490. The highest BCUT2D eigenvalue weighted by atomic mass is 16.5. The van der Waals surface area contributed by atoms with E-state index in [2.05, 4.69) is 13.8 Å². The van der Waals surface area contributed by atoms with E-state index in [4.69, 9.17) is 4.74 Å². The first-order valence-corrected chi connectivity index (χ1v) is 10.0. The lowest BCUT2D eigenvalue weighted by Gasteiger charge is -2.06. The number of carbonyl (C=O) groups is 2. The lowest BCUT2D eigenvalue weighted by atomic mass is 10.0. The zero-order valence-corrected chi connectivity index (χ0v) is 16.0. The Hall–Kier alpha value is -1.64. The minimum Gasteiger partial charge on any atom is -0.427 e. The van der Waals surface area contributed by atoms with E-state index in [0.717, 1.165) is 25.7 Å². The molecule has 1 aromatic rings. The molecule has 0 aliphatic heterocycles. The molecular weight excluding hydrogens is 312 g/mol. The Balaban J connectivity index is 2.28. The van der Waals surface area contributed by atoms with Gasteiger partial charge in [0, 0.05) is 18.4 Å². The van der Waals surface area contributed by atoms with Crippen molar-refractivity contribution < 1.29 is 14.3 Å². The zero-order valence-electron chi connectivity index (χ0n) is 16.0. The van der Waals surface area contributed by atoms with Gasteiger partial charge in [-0.1, -0.05) is 65.2 Å². The second-order valence-electron chi connectivity index (χ2n) is 6.75. The van der Waals surface area contributed by atoms with Crippen LogP contribution < -0.4 is 4.74 Å². The third-order valence-electron chi connectivity index (χ3n) is 4.40. The molecule has 0 heterocycles. The molecule has 140 valence electrons. The average Bonchev–Trinajstić information content (AvgIpc) is 2.62. The number of hydrogen-bond acceptors (Lipinski definition) is 3. The molecule has 1 rings (SSSR count). The summed E-state index contributed by atoms with van der Waals surface area (Å²) in [6.45, 7) is 4.36. The van der Waals surface area contributed by atoms with Crippen LogP contribution in [0, 0.1) is 0 Å². The molecule has 3 heteroatoms. The minimum atomic E-state index is -0.188. The van der Waals surface area contributed by atoms with Crippen LogP contribution in [-0.4, -0.2) is 11.8 Å². The molecule has 0 saturated heterocycles. The smallest absolute Gasteiger partial charge is 0.311 e. The van der Waals surface area contributed by atoms with Crippen molar-refractivity contribution in [1.29, 1.82) is 0 Å². The lowest BCUT2D eigenvalue weighted by Crippen LogP contribution is -2.07. The van der Waals surface area contributed by atoms with Crippen LogP contribution in [-0.2, 0) is 4.79 Å².